The number of nitrogens with zero attached hydrogens (tertiary/aromatic N) is 1. The van der Waals surface area contributed by atoms with Crippen molar-refractivity contribution in [1.29, 1.82) is 0 Å². The summed E-state index contributed by atoms with van der Waals surface area (Å²) >= 11 is 0. The zero-order valence-corrected chi connectivity index (χ0v) is 12.2. The molecule has 1 aromatic rings. The number of carbonyl (C=O) groups is 1. The van der Waals surface area contributed by atoms with E-state index in [1.54, 1.807) is 4.90 Å². The van der Waals surface area contributed by atoms with Crippen LogP contribution < -0.4 is 4.90 Å². The van der Waals surface area contributed by atoms with Crippen LogP contribution in [0.1, 0.15) is 31.2 Å². The van der Waals surface area contributed by atoms with Crippen molar-refractivity contribution in [3.05, 3.63) is 35.9 Å². The minimum absolute atomic E-state index is 0.339. The average molecular weight is 273 g/mol. The molecule has 1 heterocycles. The lowest BCUT2D eigenvalue weighted by molar-refractivity contribution is -0.917. The standard InChI is InChI=1S/C17H24N2O/c20-17(16-8-4-5-9-16)19-12-10-18(11-13-19)14-15-6-2-1-3-7-15/h1-3,6-7,16H,4-5,8-14H2/p+1. The first-order chi connectivity index (χ1) is 9.83. The average Bonchev–Trinajstić information content (AvgIpc) is 3.03. The summed E-state index contributed by atoms with van der Waals surface area (Å²) in [5, 5.41) is 0. The molecule has 0 atom stereocenters. The highest BCUT2D eigenvalue weighted by Crippen LogP contribution is 2.26. The Morgan fingerprint density at radius 1 is 1.10 bits per heavy atom. The zero-order chi connectivity index (χ0) is 13.8. The van der Waals surface area contributed by atoms with E-state index in [9.17, 15) is 4.79 Å². The summed E-state index contributed by atoms with van der Waals surface area (Å²) in [4.78, 5) is 16.1. The molecule has 0 unspecified atom stereocenters. The molecule has 108 valence electrons. The second-order valence-corrected chi connectivity index (χ2v) is 6.22. The summed E-state index contributed by atoms with van der Waals surface area (Å²) in [6.07, 6.45) is 4.73. The van der Waals surface area contributed by atoms with Gasteiger partial charge < -0.3 is 9.80 Å². The Morgan fingerprint density at radius 3 is 2.40 bits per heavy atom. The molecule has 0 aromatic heterocycles. The van der Waals surface area contributed by atoms with E-state index in [1.807, 2.05) is 0 Å². The van der Waals surface area contributed by atoms with Crippen molar-refractivity contribution in [2.24, 2.45) is 5.92 Å². The quantitative estimate of drug-likeness (QED) is 0.876. The first-order valence-electron chi connectivity index (χ1n) is 7.99. The van der Waals surface area contributed by atoms with E-state index in [0.717, 1.165) is 45.6 Å². The van der Waals surface area contributed by atoms with Gasteiger partial charge in [-0.05, 0) is 12.8 Å². The lowest BCUT2D eigenvalue weighted by Crippen LogP contribution is -3.13. The molecule has 1 N–H and O–H groups in total. The Balaban J connectivity index is 1.48. The fourth-order valence-electron chi connectivity index (χ4n) is 3.54. The van der Waals surface area contributed by atoms with Crippen molar-refractivity contribution in [3.63, 3.8) is 0 Å². The normalized spacial score (nSPS) is 21.3. The predicted octanol–water partition coefficient (Wildman–Crippen LogP) is 1.10. The first-order valence-corrected chi connectivity index (χ1v) is 7.99. The third-order valence-electron chi connectivity index (χ3n) is 4.78. The highest BCUT2D eigenvalue weighted by atomic mass is 16.2. The number of nitrogens with one attached hydrogen (secondary N) is 1. The third kappa shape index (κ3) is 3.21. The molecule has 1 aliphatic carbocycles. The van der Waals surface area contributed by atoms with Gasteiger partial charge in [0.25, 0.3) is 0 Å². The Bertz CT molecular complexity index is 432. The highest BCUT2D eigenvalue weighted by molar-refractivity contribution is 5.79. The van der Waals surface area contributed by atoms with E-state index in [0.29, 0.717) is 11.8 Å². The van der Waals surface area contributed by atoms with Crippen molar-refractivity contribution < 1.29 is 9.69 Å². The molecule has 1 saturated heterocycles. The van der Waals surface area contributed by atoms with Crippen LogP contribution in [0.3, 0.4) is 0 Å². The first kappa shape index (κ1) is 13.6. The van der Waals surface area contributed by atoms with E-state index in [1.165, 1.54) is 18.4 Å². The van der Waals surface area contributed by atoms with Gasteiger partial charge in [0.05, 0.1) is 26.2 Å². The molecular weight excluding hydrogens is 248 g/mol. The molecule has 2 aliphatic rings. The number of carbonyl (C=O) groups excluding carboxylic acids is 1. The molecule has 2 fully saturated rings. The number of hydrogen-bond donors (Lipinski definition) is 1. The van der Waals surface area contributed by atoms with Crippen LogP contribution in [0.4, 0.5) is 0 Å². The van der Waals surface area contributed by atoms with E-state index in [4.69, 9.17) is 0 Å². The third-order valence-corrected chi connectivity index (χ3v) is 4.78. The fraction of sp³-hybridized carbons (Fsp3) is 0.588. The van der Waals surface area contributed by atoms with Crippen LogP contribution in [-0.4, -0.2) is 37.0 Å². The SMILES string of the molecule is O=C(C1CCCC1)N1CC[NH+](Cc2ccccc2)CC1. The van der Waals surface area contributed by atoms with Crippen LogP contribution in [0.15, 0.2) is 30.3 Å². The summed E-state index contributed by atoms with van der Waals surface area (Å²) < 4.78 is 0. The Hall–Kier alpha value is -1.35. The van der Waals surface area contributed by atoms with Gasteiger partial charge in [-0.25, -0.2) is 0 Å². The van der Waals surface area contributed by atoms with E-state index < -0.39 is 0 Å². The second-order valence-electron chi connectivity index (χ2n) is 6.22. The molecule has 3 heteroatoms. The topological polar surface area (TPSA) is 24.8 Å². The predicted molar refractivity (Wildman–Crippen MR) is 79.4 cm³/mol. The summed E-state index contributed by atoms with van der Waals surface area (Å²) in [5.41, 5.74) is 1.40. The van der Waals surface area contributed by atoms with Crippen LogP contribution in [0.25, 0.3) is 0 Å². The van der Waals surface area contributed by atoms with Crippen molar-refractivity contribution >= 4 is 5.91 Å². The van der Waals surface area contributed by atoms with E-state index in [-0.39, 0.29) is 0 Å². The molecule has 0 spiro atoms. The van der Waals surface area contributed by atoms with E-state index >= 15 is 0 Å². The summed E-state index contributed by atoms with van der Waals surface area (Å²) in [6.45, 7) is 5.15. The Morgan fingerprint density at radius 2 is 1.75 bits per heavy atom. The van der Waals surface area contributed by atoms with Gasteiger partial charge in [-0.3, -0.25) is 4.79 Å². The zero-order valence-electron chi connectivity index (χ0n) is 12.2. The van der Waals surface area contributed by atoms with Crippen molar-refractivity contribution in [2.75, 3.05) is 26.2 Å². The van der Waals surface area contributed by atoms with Gasteiger partial charge in [0.2, 0.25) is 5.91 Å². The maximum Gasteiger partial charge on any atom is 0.226 e. The number of amides is 1. The molecule has 20 heavy (non-hydrogen) atoms. The Kier molecular flexibility index (Phi) is 4.36. The van der Waals surface area contributed by atoms with Crippen LogP contribution in [0.2, 0.25) is 0 Å². The smallest absolute Gasteiger partial charge is 0.226 e. The summed E-state index contributed by atoms with van der Waals surface area (Å²) in [5.74, 6) is 0.770. The van der Waals surface area contributed by atoms with Crippen molar-refractivity contribution in [3.8, 4) is 0 Å². The lowest BCUT2D eigenvalue weighted by atomic mass is 10.1. The molecule has 0 bridgehead atoms. The number of quaternary nitrogens is 1. The minimum Gasteiger partial charge on any atom is -0.331 e. The van der Waals surface area contributed by atoms with Gasteiger partial charge in [0.15, 0.2) is 0 Å². The fourth-order valence-corrected chi connectivity index (χ4v) is 3.54. The van der Waals surface area contributed by atoms with Gasteiger partial charge >= 0.3 is 0 Å². The Labute approximate surface area is 121 Å². The molecule has 3 nitrogen and oxygen atoms in total. The number of benzene rings is 1. The number of rotatable bonds is 3. The van der Waals surface area contributed by atoms with Gasteiger partial charge in [0, 0.05) is 11.5 Å². The molecular formula is C17H25N2O+. The van der Waals surface area contributed by atoms with Gasteiger partial charge in [0.1, 0.15) is 6.54 Å². The van der Waals surface area contributed by atoms with Crippen LogP contribution >= 0.6 is 0 Å². The minimum atomic E-state index is 0.339. The van der Waals surface area contributed by atoms with Crippen LogP contribution in [0, 0.1) is 5.92 Å². The van der Waals surface area contributed by atoms with Gasteiger partial charge in [-0.1, -0.05) is 43.2 Å². The van der Waals surface area contributed by atoms with Crippen LogP contribution in [0.5, 0.6) is 0 Å². The largest absolute Gasteiger partial charge is 0.331 e. The monoisotopic (exact) mass is 273 g/mol. The molecule has 1 amide bonds. The molecule has 1 aliphatic heterocycles. The van der Waals surface area contributed by atoms with Crippen LogP contribution in [-0.2, 0) is 11.3 Å². The second kappa shape index (κ2) is 6.40. The number of hydrogen-bond acceptors (Lipinski definition) is 1. The van der Waals surface area contributed by atoms with Gasteiger partial charge in [-0.15, -0.1) is 0 Å². The lowest BCUT2D eigenvalue weighted by Gasteiger charge is -2.33. The van der Waals surface area contributed by atoms with Gasteiger partial charge in [-0.2, -0.15) is 0 Å². The molecule has 1 saturated carbocycles. The maximum atomic E-state index is 12.4. The molecule has 0 radical (unpaired) electrons. The summed E-state index contributed by atoms with van der Waals surface area (Å²) in [7, 11) is 0. The van der Waals surface area contributed by atoms with Crippen molar-refractivity contribution in [1.82, 2.24) is 4.90 Å². The van der Waals surface area contributed by atoms with E-state index in [2.05, 4.69) is 35.2 Å². The highest BCUT2D eigenvalue weighted by Gasteiger charge is 2.30. The summed E-state index contributed by atoms with van der Waals surface area (Å²) in [6, 6.07) is 10.7. The maximum absolute atomic E-state index is 12.4. The molecule has 1 aromatic carbocycles. The number of piperazine rings is 1. The van der Waals surface area contributed by atoms with Crippen molar-refractivity contribution in [2.45, 2.75) is 32.2 Å². The molecule has 3 rings (SSSR count).